The molecule has 1 N–H and O–H groups in total. The number of sulfonamides is 1. The standard InChI is InChI=1S/C15H23ClN2O3S/c1-4-10-18(11-5-2)22(20,21)14-8-6-13(7-9-14)17-15(19)12(3)16/h6-9,12H,4-5,10-11H2,1-3H3,(H,17,19). The molecule has 1 rings (SSSR count). The number of benzene rings is 1. The normalized spacial score (nSPS) is 13.1. The Kier molecular flexibility index (Phi) is 7.32. The third-order valence-corrected chi connectivity index (χ3v) is 5.18. The van der Waals surface area contributed by atoms with Gasteiger partial charge in [-0.3, -0.25) is 4.79 Å². The SMILES string of the molecule is CCCN(CCC)S(=O)(=O)c1ccc(NC(=O)C(C)Cl)cc1. The fraction of sp³-hybridized carbons (Fsp3) is 0.533. The lowest BCUT2D eigenvalue weighted by Gasteiger charge is -2.21. The van der Waals surface area contributed by atoms with E-state index in [2.05, 4.69) is 5.32 Å². The second-order valence-corrected chi connectivity index (χ2v) is 7.63. The van der Waals surface area contributed by atoms with Gasteiger partial charge in [0, 0.05) is 18.8 Å². The van der Waals surface area contributed by atoms with Gasteiger partial charge >= 0.3 is 0 Å². The molecule has 0 bridgehead atoms. The molecule has 7 heteroatoms. The Bertz CT molecular complexity index is 579. The van der Waals surface area contributed by atoms with Crippen LogP contribution in [-0.2, 0) is 14.8 Å². The van der Waals surface area contributed by atoms with Crippen molar-refractivity contribution in [3.63, 3.8) is 0 Å². The number of amides is 1. The van der Waals surface area contributed by atoms with Crippen LogP contribution in [0.2, 0.25) is 0 Å². The van der Waals surface area contributed by atoms with Crippen molar-refractivity contribution in [1.29, 1.82) is 0 Å². The summed E-state index contributed by atoms with van der Waals surface area (Å²) >= 11 is 5.68. The number of carbonyl (C=O) groups is 1. The zero-order chi connectivity index (χ0) is 16.8. The Morgan fingerprint density at radius 2 is 1.68 bits per heavy atom. The molecule has 1 atom stereocenters. The lowest BCUT2D eigenvalue weighted by atomic mass is 10.3. The lowest BCUT2D eigenvalue weighted by molar-refractivity contribution is -0.115. The van der Waals surface area contributed by atoms with Gasteiger partial charge in [-0.25, -0.2) is 8.42 Å². The van der Waals surface area contributed by atoms with Crippen LogP contribution in [0.15, 0.2) is 29.2 Å². The van der Waals surface area contributed by atoms with Crippen molar-refractivity contribution in [3.05, 3.63) is 24.3 Å². The first kappa shape index (κ1) is 18.9. The molecule has 124 valence electrons. The molecule has 0 heterocycles. The van der Waals surface area contributed by atoms with E-state index in [1.807, 2.05) is 13.8 Å². The summed E-state index contributed by atoms with van der Waals surface area (Å²) in [5.41, 5.74) is 0.522. The van der Waals surface area contributed by atoms with Crippen LogP contribution in [0, 0.1) is 0 Å². The number of carbonyl (C=O) groups excluding carboxylic acids is 1. The summed E-state index contributed by atoms with van der Waals surface area (Å²) in [6.07, 6.45) is 1.53. The minimum atomic E-state index is -3.49. The van der Waals surface area contributed by atoms with Crippen molar-refractivity contribution in [2.75, 3.05) is 18.4 Å². The van der Waals surface area contributed by atoms with Crippen LogP contribution in [0.1, 0.15) is 33.6 Å². The van der Waals surface area contributed by atoms with Crippen LogP contribution < -0.4 is 5.32 Å². The second-order valence-electron chi connectivity index (χ2n) is 5.03. The van der Waals surface area contributed by atoms with Gasteiger partial charge in [0.15, 0.2) is 0 Å². The molecule has 22 heavy (non-hydrogen) atoms. The number of alkyl halides is 1. The van der Waals surface area contributed by atoms with Crippen molar-refractivity contribution in [2.45, 2.75) is 43.9 Å². The molecule has 1 aromatic carbocycles. The highest BCUT2D eigenvalue weighted by Gasteiger charge is 2.22. The maximum Gasteiger partial charge on any atom is 0.243 e. The number of rotatable bonds is 8. The number of halogens is 1. The molecular weight excluding hydrogens is 324 g/mol. The molecule has 1 aromatic rings. The summed E-state index contributed by atoms with van der Waals surface area (Å²) in [5, 5.41) is 1.97. The molecule has 0 saturated carbocycles. The molecule has 5 nitrogen and oxygen atoms in total. The van der Waals surface area contributed by atoms with Crippen molar-refractivity contribution < 1.29 is 13.2 Å². The topological polar surface area (TPSA) is 66.5 Å². The van der Waals surface area contributed by atoms with Gasteiger partial charge in [-0.05, 0) is 44.0 Å². The van der Waals surface area contributed by atoms with Gasteiger partial charge in [0.25, 0.3) is 0 Å². The van der Waals surface area contributed by atoms with Gasteiger partial charge in [-0.15, -0.1) is 11.6 Å². The Morgan fingerprint density at radius 1 is 1.18 bits per heavy atom. The Balaban J connectivity index is 2.94. The predicted molar refractivity (Wildman–Crippen MR) is 89.7 cm³/mol. The Labute approximate surface area is 137 Å². The number of nitrogens with one attached hydrogen (secondary N) is 1. The molecular formula is C15H23ClN2O3S. The summed E-state index contributed by atoms with van der Waals surface area (Å²) < 4.78 is 26.6. The van der Waals surface area contributed by atoms with Crippen LogP contribution in [0.3, 0.4) is 0 Å². The Morgan fingerprint density at radius 3 is 2.09 bits per heavy atom. The van der Waals surface area contributed by atoms with E-state index in [1.165, 1.54) is 16.4 Å². The third kappa shape index (κ3) is 4.97. The van der Waals surface area contributed by atoms with Gasteiger partial charge in [-0.2, -0.15) is 4.31 Å². The van der Waals surface area contributed by atoms with Crippen LogP contribution in [0.4, 0.5) is 5.69 Å². The van der Waals surface area contributed by atoms with E-state index in [9.17, 15) is 13.2 Å². The molecule has 0 aliphatic heterocycles. The van der Waals surface area contributed by atoms with Gasteiger partial charge in [-0.1, -0.05) is 13.8 Å². The summed E-state index contributed by atoms with van der Waals surface area (Å²) in [4.78, 5) is 11.7. The highest BCUT2D eigenvalue weighted by atomic mass is 35.5. The van der Waals surface area contributed by atoms with Crippen molar-refractivity contribution in [3.8, 4) is 0 Å². The van der Waals surface area contributed by atoms with E-state index >= 15 is 0 Å². The minimum absolute atomic E-state index is 0.228. The maximum absolute atomic E-state index is 12.6. The zero-order valence-corrected chi connectivity index (χ0v) is 14.7. The lowest BCUT2D eigenvalue weighted by Crippen LogP contribution is -2.32. The monoisotopic (exact) mass is 346 g/mol. The van der Waals surface area contributed by atoms with E-state index in [1.54, 1.807) is 19.1 Å². The second kappa shape index (κ2) is 8.50. The van der Waals surface area contributed by atoms with E-state index in [4.69, 9.17) is 11.6 Å². The van der Waals surface area contributed by atoms with Crippen LogP contribution in [0.25, 0.3) is 0 Å². The van der Waals surface area contributed by atoms with Crippen molar-refractivity contribution >= 4 is 33.2 Å². The molecule has 0 aliphatic rings. The van der Waals surface area contributed by atoms with Gasteiger partial charge < -0.3 is 5.32 Å². The third-order valence-electron chi connectivity index (χ3n) is 3.07. The average molecular weight is 347 g/mol. The summed E-state index contributed by atoms with van der Waals surface area (Å²) in [7, 11) is -3.49. The number of hydrogen-bond donors (Lipinski definition) is 1. The first-order valence-corrected chi connectivity index (χ1v) is 9.25. The minimum Gasteiger partial charge on any atom is -0.325 e. The fourth-order valence-electron chi connectivity index (χ4n) is 1.95. The van der Waals surface area contributed by atoms with E-state index in [0.717, 1.165) is 12.8 Å². The molecule has 1 amide bonds. The average Bonchev–Trinajstić information content (AvgIpc) is 2.47. The Hall–Kier alpha value is -1.11. The van der Waals surface area contributed by atoms with Crippen LogP contribution in [-0.4, -0.2) is 37.1 Å². The highest BCUT2D eigenvalue weighted by molar-refractivity contribution is 7.89. The molecule has 0 spiro atoms. The summed E-state index contributed by atoms with van der Waals surface area (Å²) in [5.74, 6) is -0.323. The summed E-state index contributed by atoms with van der Waals surface area (Å²) in [6, 6.07) is 6.14. The largest absolute Gasteiger partial charge is 0.325 e. The zero-order valence-electron chi connectivity index (χ0n) is 13.2. The number of anilines is 1. The number of nitrogens with zero attached hydrogens (tertiary/aromatic N) is 1. The smallest absolute Gasteiger partial charge is 0.243 e. The van der Waals surface area contributed by atoms with E-state index in [-0.39, 0.29) is 10.8 Å². The molecule has 0 aliphatic carbocycles. The molecule has 0 saturated heterocycles. The van der Waals surface area contributed by atoms with Crippen molar-refractivity contribution in [2.24, 2.45) is 0 Å². The molecule has 0 fully saturated rings. The molecule has 0 aromatic heterocycles. The predicted octanol–water partition coefficient (Wildman–Crippen LogP) is 3.06. The first-order chi connectivity index (χ1) is 10.3. The van der Waals surface area contributed by atoms with Gasteiger partial charge in [0.05, 0.1) is 4.90 Å². The van der Waals surface area contributed by atoms with Gasteiger partial charge in [0.2, 0.25) is 15.9 Å². The van der Waals surface area contributed by atoms with Crippen molar-refractivity contribution in [1.82, 2.24) is 4.31 Å². The van der Waals surface area contributed by atoms with E-state index in [0.29, 0.717) is 18.8 Å². The summed E-state index contributed by atoms with van der Waals surface area (Å²) in [6.45, 7) is 6.47. The van der Waals surface area contributed by atoms with Crippen LogP contribution in [0.5, 0.6) is 0 Å². The van der Waals surface area contributed by atoms with E-state index < -0.39 is 15.4 Å². The highest BCUT2D eigenvalue weighted by Crippen LogP contribution is 2.19. The molecule has 1 unspecified atom stereocenters. The molecule has 0 radical (unpaired) electrons. The first-order valence-electron chi connectivity index (χ1n) is 7.38. The quantitative estimate of drug-likeness (QED) is 0.735. The number of hydrogen-bond acceptors (Lipinski definition) is 3. The van der Waals surface area contributed by atoms with Crippen LogP contribution >= 0.6 is 11.6 Å². The van der Waals surface area contributed by atoms with Gasteiger partial charge in [0.1, 0.15) is 5.38 Å². The fourth-order valence-corrected chi connectivity index (χ4v) is 3.63. The maximum atomic E-state index is 12.6.